The molecule has 0 saturated heterocycles. The SMILES string of the molecule is NCCCCCCC(=O)NCCOc1cccc(F)c1. The van der Waals surface area contributed by atoms with Gasteiger partial charge in [0.25, 0.3) is 0 Å². The molecule has 0 aromatic heterocycles. The zero-order valence-corrected chi connectivity index (χ0v) is 11.7. The Bertz CT molecular complexity index is 399. The van der Waals surface area contributed by atoms with Crippen molar-refractivity contribution in [1.29, 1.82) is 0 Å². The van der Waals surface area contributed by atoms with Gasteiger partial charge in [-0.25, -0.2) is 4.39 Å². The molecule has 0 atom stereocenters. The van der Waals surface area contributed by atoms with E-state index >= 15 is 0 Å². The summed E-state index contributed by atoms with van der Waals surface area (Å²) in [5, 5.41) is 2.78. The van der Waals surface area contributed by atoms with Crippen LogP contribution in [0, 0.1) is 5.82 Å². The summed E-state index contributed by atoms with van der Waals surface area (Å²) in [7, 11) is 0. The highest BCUT2D eigenvalue weighted by molar-refractivity contribution is 5.75. The van der Waals surface area contributed by atoms with Crippen LogP contribution in [0.5, 0.6) is 5.75 Å². The fraction of sp³-hybridized carbons (Fsp3) is 0.533. The summed E-state index contributed by atoms with van der Waals surface area (Å²) in [5.41, 5.74) is 5.39. The quantitative estimate of drug-likeness (QED) is 0.647. The number of carbonyl (C=O) groups excluding carboxylic acids is 1. The van der Waals surface area contributed by atoms with Crippen molar-refractivity contribution >= 4 is 5.91 Å². The van der Waals surface area contributed by atoms with Crippen molar-refractivity contribution in [2.24, 2.45) is 5.73 Å². The van der Waals surface area contributed by atoms with Gasteiger partial charge in [0.2, 0.25) is 5.91 Å². The lowest BCUT2D eigenvalue weighted by molar-refractivity contribution is -0.121. The third kappa shape index (κ3) is 7.74. The van der Waals surface area contributed by atoms with Crippen LogP contribution in [0.3, 0.4) is 0 Å². The Hall–Kier alpha value is -1.62. The highest BCUT2D eigenvalue weighted by Crippen LogP contribution is 2.11. The zero-order valence-electron chi connectivity index (χ0n) is 11.7. The molecule has 1 aromatic carbocycles. The molecule has 0 fully saturated rings. The first-order valence-corrected chi connectivity index (χ1v) is 7.07. The van der Waals surface area contributed by atoms with Gasteiger partial charge in [-0.15, -0.1) is 0 Å². The molecule has 1 amide bonds. The summed E-state index contributed by atoms with van der Waals surface area (Å²) >= 11 is 0. The van der Waals surface area contributed by atoms with Crippen LogP contribution >= 0.6 is 0 Å². The van der Waals surface area contributed by atoms with Crippen LogP contribution in [0.4, 0.5) is 4.39 Å². The minimum absolute atomic E-state index is 0.0283. The molecule has 112 valence electrons. The van der Waals surface area contributed by atoms with E-state index in [0.29, 0.717) is 31.9 Å². The predicted molar refractivity (Wildman–Crippen MR) is 77.0 cm³/mol. The number of hydrogen-bond acceptors (Lipinski definition) is 3. The number of rotatable bonds is 10. The second kappa shape index (κ2) is 10.2. The molecule has 0 spiro atoms. The highest BCUT2D eigenvalue weighted by Gasteiger charge is 2.01. The molecule has 0 bridgehead atoms. The van der Waals surface area contributed by atoms with Crippen molar-refractivity contribution in [3.8, 4) is 5.75 Å². The molecule has 1 rings (SSSR count). The van der Waals surface area contributed by atoms with Crippen LogP contribution in [-0.4, -0.2) is 25.6 Å². The number of nitrogens with one attached hydrogen (secondary N) is 1. The molecule has 1 aromatic rings. The monoisotopic (exact) mass is 282 g/mol. The van der Waals surface area contributed by atoms with Crippen molar-refractivity contribution in [3.63, 3.8) is 0 Å². The first kappa shape index (κ1) is 16.4. The molecule has 20 heavy (non-hydrogen) atoms. The first-order valence-electron chi connectivity index (χ1n) is 7.07. The molecule has 0 aliphatic rings. The molecule has 3 N–H and O–H groups in total. The van der Waals surface area contributed by atoms with E-state index in [-0.39, 0.29) is 11.7 Å². The van der Waals surface area contributed by atoms with E-state index in [1.165, 1.54) is 12.1 Å². The third-order valence-corrected chi connectivity index (χ3v) is 2.85. The average molecular weight is 282 g/mol. The van der Waals surface area contributed by atoms with Gasteiger partial charge in [-0.3, -0.25) is 4.79 Å². The topological polar surface area (TPSA) is 64.4 Å². The van der Waals surface area contributed by atoms with Crippen LogP contribution in [0.25, 0.3) is 0 Å². The number of ether oxygens (including phenoxy) is 1. The maximum absolute atomic E-state index is 12.9. The summed E-state index contributed by atoms with van der Waals surface area (Å²) in [6.07, 6.45) is 4.54. The molecular weight excluding hydrogens is 259 g/mol. The number of carbonyl (C=O) groups is 1. The summed E-state index contributed by atoms with van der Waals surface area (Å²) in [6, 6.07) is 5.95. The smallest absolute Gasteiger partial charge is 0.220 e. The van der Waals surface area contributed by atoms with E-state index in [2.05, 4.69) is 5.32 Å². The molecule has 0 heterocycles. The molecule has 0 radical (unpaired) electrons. The van der Waals surface area contributed by atoms with Gasteiger partial charge in [0.05, 0.1) is 6.54 Å². The largest absolute Gasteiger partial charge is 0.492 e. The van der Waals surface area contributed by atoms with Crippen LogP contribution in [0.1, 0.15) is 32.1 Å². The minimum atomic E-state index is -0.330. The normalized spacial score (nSPS) is 10.3. The summed E-state index contributed by atoms with van der Waals surface area (Å²) in [5.74, 6) is 0.172. The number of amides is 1. The number of unbranched alkanes of at least 4 members (excludes halogenated alkanes) is 3. The zero-order chi connectivity index (χ0) is 14.6. The van der Waals surface area contributed by atoms with Gasteiger partial charge in [0.1, 0.15) is 18.2 Å². The van der Waals surface area contributed by atoms with E-state index in [9.17, 15) is 9.18 Å². The number of hydrogen-bond donors (Lipinski definition) is 2. The van der Waals surface area contributed by atoms with Gasteiger partial charge in [-0.05, 0) is 31.5 Å². The van der Waals surface area contributed by atoms with Crippen molar-refractivity contribution in [2.75, 3.05) is 19.7 Å². The van der Waals surface area contributed by atoms with Gasteiger partial charge in [0.15, 0.2) is 0 Å². The maximum Gasteiger partial charge on any atom is 0.220 e. The van der Waals surface area contributed by atoms with Gasteiger partial charge < -0.3 is 15.8 Å². The Balaban J connectivity index is 2.02. The van der Waals surface area contributed by atoms with E-state index in [0.717, 1.165) is 25.7 Å². The summed E-state index contributed by atoms with van der Waals surface area (Å²) in [6.45, 7) is 1.48. The maximum atomic E-state index is 12.9. The van der Waals surface area contributed by atoms with Crippen molar-refractivity contribution in [3.05, 3.63) is 30.1 Å². The lowest BCUT2D eigenvalue weighted by atomic mass is 10.1. The molecule has 0 unspecified atom stereocenters. The minimum Gasteiger partial charge on any atom is -0.492 e. The highest BCUT2D eigenvalue weighted by atomic mass is 19.1. The molecule has 5 heteroatoms. The van der Waals surface area contributed by atoms with Crippen molar-refractivity contribution < 1.29 is 13.9 Å². The molecular formula is C15H23FN2O2. The lowest BCUT2D eigenvalue weighted by Gasteiger charge is -2.07. The van der Waals surface area contributed by atoms with Crippen molar-refractivity contribution in [2.45, 2.75) is 32.1 Å². The van der Waals surface area contributed by atoms with E-state index in [1.54, 1.807) is 12.1 Å². The van der Waals surface area contributed by atoms with Crippen LogP contribution in [-0.2, 0) is 4.79 Å². The predicted octanol–water partition coefficient (Wildman–Crippen LogP) is 2.23. The lowest BCUT2D eigenvalue weighted by Crippen LogP contribution is -2.27. The Morgan fingerprint density at radius 1 is 1.25 bits per heavy atom. The Morgan fingerprint density at radius 3 is 2.80 bits per heavy atom. The van der Waals surface area contributed by atoms with E-state index in [1.807, 2.05) is 0 Å². The van der Waals surface area contributed by atoms with Crippen molar-refractivity contribution in [1.82, 2.24) is 5.32 Å². The molecule has 0 saturated carbocycles. The van der Waals surface area contributed by atoms with Gasteiger partial charge in [0, 0.05) is 12.5 Å². The van der Waals surface area contributed by atoms with Crippen LogP contribution in [0.15, 0.2) is 24.3 Å². The first-order chi connectivity index (χ1) is 9.72. The van der Waals surface area contributed by atoms with Gasteiger partial charge in [-0.1, -0.05) is 18.9 Å². The molecule has 4 nitrogen and oxygen atoms in total. The second-order valence-electron chi connectivity index (χ2n) is 4.61. The van der Waals surface area contributed by atoms with Crippen LogP contribution < -0.4 is 15.8 Å². The third-order valence-electron chi connectivity index (χ3n) is 2.85. The van der Waals surface area contributed by atoms with E-state index < -0.39 is 0 Å². The van der Waals surface area contributed by atoms with Crippen LogP contribution in [0.2, 0.25) is 0 Å². The fourth-order valence-corrected chi connectivity index (χ4v) is 1.79. The Kier molecular flexibility index (Phi) is 8.38. The van der Waals surface area contributed by atoms with E-state index in [4.69, 9.17) is 10.5 Å². The number of benzene rings is 1. The Morgan fingerprint density at radius 2 is 2.05 bits per heavy atom. The van der Waals surface area contributed by atoms with Gasteiger partial charge in [-0.2, -0.15) is 0 Å². The standard InChI is InChI=1S/C15H23FN2O2/c16-13-6-5-7-14(12-13)20-11-10-18-15(19)8-3-1-2-4-9-17/h5-7,12H,1-4,8-11,17H2,(H,18,19). The van der Waals surface area contributed by atoms with Gasteiger partial charge >= 0.3 is 0 Å². The number of nitrogens with two attached hydrogens (primary N) is 1. The fourth-order valence-electron chi connectivity index (χ4n) is 1.79. The Labute approximate surface area is 119 Å². The summed E-state index contributed by atoms with van der Waals surface area (Å²) < 4.78 is 18.2. The molecule has 0 aliphatic carbocycles. The number of halogens is 1. The molecule has 0 aliphatic heterocycles. The average Bonchev–Trinajstić information content (AvgIpc) is 2.43. The second-order valence-corrected chi connectivity index (χ2v) is 4.61. The summed E-state index contributed by atoms with van der Waals surface area (Å²) in [4.78, 5) is 11.5.